The molecule has 2 aliphatic rings. The Morgan fingerprint density at radius 2 is 2.21 bits per heavy atom. The van der Waals surface area contributed by atoms with Crippen LogP contribution in [0.2, 0.25) is 0 Å². The molecule has 1 saturated heterocycles. The van der Waals surface area contributed by atoms with Gasteiger partial charge in [0.1, 0.15) is 0 Å². The predicted octanol–water partition coefficient (Wildman–Crippen LogP) is 2.64. The molecule has 72 valence electrons. The lowest BCUT2D eigenvalue weighted by atomic mass is 10.2. The highest BCUT2D eigenvalue weighted by molar-refractivity contribution is 8.01. The van der Waals surface area contributed by atoms with Crippen molar-refractivity contribution in [1.29, 1.82) is 0 Å². The van der Waals surface area contributed by atoms with Gasteiger partial charge in [0.2, 0.25) is 5.91 Å². The first-order valence-electron chi connectivity index (χ1n) is 4.82. The summed E-state index contributed by atoms with van der Waals surface area (Å²) in [7, 11) is 0. The van der Waals surface area contributed by atoms with Gasteiger partial charge in [-0.15, -0.1) is 0 Å². The lowest BCUT2D eigenvalue weighted by Crippen LogP contribution is -2.36. The number of carbonyl (C=O) groups is 1. The topological polar surface area (TPSA) is 20.3 Å². The summed E-state index contributed by atoms with van der Waals surface area (Å²) in [5.74, 6) is 0.268. The van der Waals surface area contributed by atoms with Crippen molar-refractivity contribution in [3.05, 3.63) is 24.3 Å². The molecule has 0 N–H and O–H groups in total. The van der Waals surface area contributed by atoms with Gasteiger partial charge in [-0.25, -0.2) is 0 Å². The molecule has 0 spiro atoms. The molecule has 3 rings (SSSR count). The Labute approximate surface area is 87.3 Å². The van der Waals surface area contributed by atoms with Gasteiger partial charge in [-0.1, -0.05) is 23.9 Å². The lowest BCUT2D eigenvalue weighted by molar-refractivity contribution is -0.117. The molecule has 1 aromatic carbocycles. The lowest BCUT2D eigenvalue weighted by Gasteiger charge is -2.26. The van der Waals surface area contributed by atoms with Crippen LogP contribution in [0.25, 0.3) is 0 Å². The summed E-state index contributed by atoms with van der Waals surface area (Å²) in [4.78, 5) is 14.9. The Morgan fingerprint density at radius 3 is 3.07 bits per heavy atom. The summed E-state index contributed by atoms with van der Waals surface area (Å²) in [5.41, 5.74) is 1.10. The number of thioether (sulfide) groups is 1. The van der Waals surface area contributed by atoms with Crippen molar-refractivity contribution in [2.75, 3.05) is 4.90 Å². The smallest absolute Gasteiger partial charge is 0.228 e. The van der Waals surface area contributed by atoms with Crippen LogP contribution in [0.15, 0.2) is 29.2 Å². The molecule has 1 unspecified atom stereocenters. The van der Waals surface area contributed by atoms with Gasteiger partial charge in [-0.2, -0.15) is 0 Å². The fourth-order valence-electron chi connectivity index (χ4n) is 2.28. The minimum absolute atomic E-state index is 0.0131. The van der Waals surface area contributed by atoms with Gasteiger partial charge in [0, 0.05) is 11.3 Å². The number of para-hydroxylation sites is 1. The van der Waals surface area contributed by atoms with Crippen molar-refractivity contribution in [1.82, 2.24) is 0 Å². The average Bonchev–Trinajstić information content (AvgIpc) is 2.60. The first-order chi connectivity index (χ1) is 6.71. The zero-order valence-corrected chi connectivity index (χ0v) is 8.80. The van der Waals surface area contributed by atoms with Crippen molar-refractivity contribution >= 4 is 23.4 Å². The maximum Gasteiger partial charge on any atom is 0.228 e. The number of benzene rings is 1. The highest BCUT2D eigenvalue weighted by Gasteiger charge is 2.48. The van der Waals surface area contributed by atoms with Crippen LogP contribution in [0.1, 0.15) is 19.8 Å². The van der Waals surface area contributed by atoms with Crippen LogP contribution in [0.4, 0.5) is 5.69 Å². The van der Waals surface area contributed by atoms with Crippen molar-refractivity contribution in [3.63, 3.8) is 0 Å². The second kappa shape index (κ2) is 2.54. The van der Waals surface area contributed by atoms with E-state index in [9.17, 15) is 4.79 Å². The van der Waals surface area contributed by atoms with E-state index >= 15 is 0 Å². The van der Waals surface area contributed by atoms with Gasteiger partial charge in [0.05, 0.1) is 10.6 Å². The van der Waals surface area contributed by atoms with Crippen molar-refractivity contribution in [2.24, 2.45) is 0 Å². The number of rotatable bonds is 0. The molecule has 2 heterocycles. The number of anilines is 1. The van der Waals surface area contributed by atoms with Crippen molar-refractivity contribution < 1.29 is 4.79 Å². The Kier molecular flexibility index (Phi) is 1.52. The molecule has 0 aliphatic carbocycles. The maximum atomic E-state index is 11.7. The monoisotopic (exact) mass is 205 g/mol. The Balaban J connectivity index is 2.18. The second-order valence-electron chi connectivity index (χ2n) is 3.97. The summed E-state index contributed by atoms with van der Waals surface area (Å²) < 4.78 is 0. The number of nitrogens with zero attached hydrogens (tertiary/aromatic N) is 1. The maximum absolute atomic E-state index is 11.7. The largest absolute Gasteiger partial charge is 0.296 e. The molecule has 0 radical (unpaired) electrons. The molecule has 14 heavy (non-hydrogen) atoms. The van der Waals surface area contributed by atoms with E-state index in [1.54, 1.807) is 0 Å². The van der Waals surface area contributed by atoms with Gasteiger partial charge >= 0.3 is 0 Å². The number of amides is 1. The molecule has 2 aliphatic heterocycles. The Bertz CT molecular complexity index is 418. The summed E-state index contributed by atoms with van der Waals surface area (Å²) in [5, 5.41) is 0. The van der Waals surface area contributed by atoms with E-state index in [4.69, 9.17) is 0 Å². The van der Waals surface area contributed by atoms with E-state index in [-0.39, 0.29) is 10.8 Å². The minimum Gasteiger partial charge on any atom is -0.296 e. The van der Waals surface area contributed by atoms with E-state index in [1.165, 1.54) is 4.90 Å². The van der Waals surface area contributed by atoms with Gasteiger partial charge in [-0.3, -0.25) is 9.69 Å². The van der Waals surface area contributed by atoms with Gasteiger partial charge in [-0.05, 0) is 25.5 Å². The molecule has 1 atom stereocenters. The molecule has 1 aromatic rings. The first-order valence-corrected chi connectivity index (χ1v) is 5.63. The van der Waals surface area contributed by atoms with Gasteiger partial charge < -0.3 is 0 Å². The van der Waals surface area contributed by atoms with E-state index in [0.29, 0.717) is 6.42 Å². The molecule has 3 heteroatoms. The zero-order chi connectivity index (χ0) is 9.76. The highest BCUT2D eigenvalue weighted by atomic mass is 32.2. The molecular weight excluding hydrogens is 194 g/mol. The quantitative estimate of drug-likeness (QED) is 0.649. The summed E-state index contributed by atoms with van der Waals surface area (Å²) in [6, 6.07) is 8.16. The molecule has 2 nitrogen and oxygen atoms in total. The number of hydrogen-bond acceptors (Lipinski definition) is 2. The fourth-order valence-corrected chi connectivity index (χ4v) is 3.66. The Hall–Kier alpha value is -0.960. The normalized spacial score (nSPS) is 29.2. The van der Waals surface area contributed by atoms with Crippen molar-refractivity contribution in [3.8, 4) is 0 Å². The predicted molar refractivity (Wildman–Crippen MR) is 57.4 cm³/mol. The van der Waals surface area contributed by atoms with Crippen LogP contribution >= 0.6 is 11.8 Å². The standard InChI is InChI=1S/C11H11NOS/c1-11-7-6-10(13)12(11)8-4-2-3-5-9(8)14-11/h2-5H,6-7H2,1H3. The molecule has 0 saturated carbocycles. The Morgan fingerprint density at radius 1 is 1.43 bits per heavy atom. The third-order valence-electron chi connectivity index (χ3n) is 2.96. The highest BCUT2D eigenvalue weighted by Crippen LogP contribution is 2.55. The summed E-state index contributed by atoms with van der Waals surface area (Å²) in [6.45, 7) is 2.16. The number of fused-ring (bicyclic) bond motifs is 3. The van der Waals surface area contributed by atoms with E-state index in [1.807, 2.05) is 34.9 Å². The minimum atomic E-state index is -0.0131. The zero-order valence-electron chi connectivity index (χ0n) is 7.99. The van der Waals surface area contributed by atoms with E-state index in [2.05, 4.69) is 13.0 Å². The molecule has 1 fully saturated rings. The summed E-state index contributed by atoms with van der Waals surface area (Å²) in [6.07, 6.45) is 1.66. The number of carbonyl (C=O) groups excluding carboxylic acids is 1. The van der Waals surface area contributed by atoms with E-state index in [0.717, 1.165) is 12.1 Å². The number of hydrogen-bond donors (Lipinski definition) is 0. The first kappa shape index (κ1) is 8.36. The second-order valence-corrected chi connectivity index (χ2v) is 5.50. The molecule has 0 bridgehead atoms. The SMILES string of the molecule is CC12CCC(=O)N1c1ccccc1S2. The van der Waals surface area contributed by atoms with Crippen LogP contribution in [0, 0.1) is 0 Å². The third kappa shape index (κ3) is 0.906. The third-order valence-corrected chi connectivity index (χ3v) is 4.35. The molecular formula is C11H11NOS. The van der Waals surface area contributed by atoms with Crippen molar-refractivity contribution in [2.45, 2.75) is 29.5 Å². The van der Waals surface area contributed by atoms with Crippen LogP contribution in [-0.4, -0.2) is 10.8 Å². The van der Waals surface area contributed by atoms with E-state index < -0.39 is 0 Å². The fraction of sp³-hybridized carbons (Fsp3) is 0.364. The molecule has 0 aromatic heterocycles. The van der Waals surface area contributed by atoms with Crippen LogP contribution < -0.4 is 4.90 Å². The van der Waals surface area contributed by atoms with Crippen LogP contribution in [0.5, 0.6) is 0 Å². The van der Waals surface area contributed by atoms with Crippen LogP contribution in [-0.2, 0) is 4.79 Å². The average molecular weight is 205 g/mol. The van der Waals surface area contributed by atoms with Crippen LogP contribution in [0.3, 0.4) is 0 Å². The molecule has 1 amide bonds. The summed E-state index contributed by atoms with van der Waals surface area (Å²) >= 11 is 1.82. The van der Waals surface area contributed by atoms with Gasteiger partial charge in [0.25, 0.3) is 0 Å². The van der Waals surface area contributed by atoms with Gasteiger partial charge in [0.15, 0.2) is 0 Å².